The van der Waals surface area contributed by atoms with Crippen molar-refractivity contribution in [3.63, 3.8) is 0 Å². The summed E-state index contributed by atoms with van der Waals surface area (Å²) in [6, 6.07) is -0.685. The van der Waals surface area contributed by atoms with Gasteiger partial charge in [-0.05, 0) is 38.3 Å². The molecule has 3 heterocycles. The van der Waals surface area contributed by atoms with E-state index in [1.807, 2.05) is 0 Å². The number of halogens is 2. The number of likely N-dealkylation sites (tertiary alicyclic amines) is 2. The normalized spacial score (nSPS) is 34.0. The molecule has 2 unspecified atom stereocenters. The summed E-state index contributed by atoms with van der Waals surface area (Å²) in [4.78, 5) is 16.5. The van der Waals surface area contributed by atoms with E-state index >= 15 is 0 Å². The summed E-state index contributed by atoms with van der Waals surface area (Å²) in [5, 5.41) is 2.66. The number of nitrogens with one attached hydrogen (secondary N) is 1. The molecule has 6 heteroatoms. The molecule has 0 saturated carbocycles. The van der Waals surface area contributed by atoms with Crippen molar-refractivity contribution in [1.82, 2.24) is 15.1 Å². The fourth-order valence-electron chi connectivity index (χ4n) is 3.62. The van der Waals surface area contributed by atoms with Crippen LogP contribution in [0.2, 0.25) is 0 Å². The molecule has 0 aromatic rings. The average molecular weight is 287 g/mol. The molecule has 3 saturated heterocycles. The van der Waals surface area contributed by atoms with Crippen molar-refractivity contribution in [2.75, 3.05) is 39.3 Å². The molecule has 0 aliphatic carbocycles. The van der Waals surface area contributed by atoms with Gasteiger partial charge in [-0.3, -0.25) is 10.1 Å². The van der Waals surface area contributed by atoms with Crippen molar-refractivity contribution in [3.05, 3.63) is 0 Å². The van der Waals surface area contributed by atoms with Crippen molar-refractivity contribution in [2.45, 2.75) is 37.6 Å². The second-order valence-electron chi connectivity index (χ2n) is 6.44. The van der Waals surface area contributed by atoms with Crippen LogP contribution >= 0.6 is 0 Å². The first-order valence-corrected chi connectivity index (χ1v) is 7.66. The van der Waals surface area contributed by atoms with E-state index in [-0.39, 0.29) is 18.9 Å². The number of alkyl halides is 2. The van der Waals surface area contributed by atoms with Gasteiger partial charge in [0.2, 0.25) is 5.91 Å². The van der Waals surface area contributed by atoms with E-state index in [0.717, 1.165) is 26.1 Å². The number of carbonyl (C=O) groups excluding carboxylic acids is 1. The molecule has 0 radical (unpaired) electrons. The summed E-state index contributed by atoms with van der Waals surface area (Å²) in [5.74, 6) is -2.35. The van der Waals surface area contributed by atoms with Gasteiger partial charge in [0.25, 0.3) is 5.92 Å². The van der Waals surface area contributed by atoms with Gasteiger partial charge in [-0.1, -0.05) is 0 Å². The lowest BCUT2D eigenvalue weighted by molar-refractivity contribution is -0.132. The van der Waals surface area contributed by atoms with Gasteiger partial charge in [-0.2, -0.15) is 0 Å². The molecule has 2 atom stereocenters. The Morgan fingerprint density at radius 1 is 1.25 bits per heavy atom. The van der Waals surface area contributed by atoms with Crippen LogP contribution in [0.3, 0.4) is 0 Å². The predicted octanol–water partition coefficient (Wildman–Crippen LogP) is 0.928. The largest absolute Gasteiger partial charge is 0.341 e. The van der Waals surface area contributed by atoms with Gasteiger partial charge < -0.3 is 9.80 Å². The highest BCUT2D eigenvalue weighted by Crippen LogP contribution is 2.28. The van der Waals surface area contributed by atoms with E-state index in [0.29, 0.717) is 5.92 Å². The molecule has 114 valence electrons. The molecule has 0 aromatic heterocycles. The molecule has 4 nitrogen and oxygen atoms in total. The topological polar surface area (TPSA) is 35.6 Å². The van der Waals surface area contributed by atoms with Crippen LogP contribution in [0.1, 0.15) is 25.7 Å². The first-order valence-electron chi connectivity index (χ1n) is 7.66. The third kappa shape index (κ3) is 3.11. The molecule has 1 N–H and O–H groups in total. The van der Waals surface area contributed by atoms with Crippen LogP contribution in [-0.2, 0) is 4.79 Å². The van der Waals surface area contributed by atoms with Crippen molar-refractivity contribution in [2.24, 2.45) is 5.92 Å². The van der Waals surface area contributed by atoms with Crippen LogP contribution in [0.5, 0.6) is 0 Å². The number of hydrogen-bond acceptors (Lipinski definition) is 3. The van der Waals surface area contributed by atoms with Crippen LogP contribution in [0, 0.1) is 5.92 Å². The minimum absolute atomic E-state index is 0.133. The van der Waals surface area contributed by atoms with E-state index in [9.17, 15) is 13.6 Å². The molecule has 1 amide bonds. The number of rotatable bonds is 3. The Kier molecular flexibility index (Phi) is 3.95. The summed E-state index contributed by atoms with van der Waals surface area (Å²) in [6.45, 7) is 4.48. The average Bonchev–Trinajstić information content (AvgIpc) is 3.10. The van der Waals surface area contributed by atoms with Gasteiger partial charge in [0.05, 0.1) is 12.6 Å². The van der Waals surface area contributed by atoms with Crippen molar-refractivity contribution >= 4 is 5.91 Å². The molecule has 3 rings (SSSR count). The summed E-state index contributed by atoms with van der Waals surface area (Å²) in [6.07, 6.45) is 3.21. The predicted molar refractivity (Wildman–Crippen MR) is 71.7 cm³/mol. The Morgan fingerprint density at radius 3 is 2.65 bits per heavy atom. The maximum absolute atomic E-state index is 13.1. The quantitative estimate of drug-likeness (QED) is 0.839. The monoisotopic (exact) mass is 287 g/mol. The minimum atomic E-state index is -2.73. The first kappa shape index (κ1) is 14.2. The van der Waals surface area contributed by atoms with Crippen LogP contribution < -0.4 is 5.32 Å². The third-order valence-electron chi connectivity index (χ3n) is 4.72. The highest BCUT2D eigenvalue weighted by atomic mass is 19.3. The fourth-order valence-corrected chi connectivity index (χ4v) is 3.62. The molecule has 20 heavy (non-hydrogen) atoms. The Hall–Kier alpha value is -0.750. The maximum atomic E-state index is 13.1. The SMILES string of the molecule is O=C(C1CC(F)(F)CN1)N1CCC(CN2CCCC2)C1. The Bertz CT molecular complexity index is 371. The van der Waals surface area contributed by atoms with Crippen molar-refractivity contribution < 1.29 is 13.6 Å². The van der Waals surface area contributed by atoms with Gasteiger partial charge in [-0.15, -0.1) is 0 Å². The van der Waals surface area contributed by atoms with E-state index in [1.54, 1.807) is 4.90 Å². The van der Waals surface area contributed by atoms with Crippen LogP contribution in [0.4, 0.5) is 8.78 Å². The van der Waals surface area contributed by atoms with Crippen LogP contribution in [-0.4, -0.2) is 66.9 Å². The first-order chi connectivity index (χ1) is 9.53. The van der Waals surface area contributed by atoms with E-state index in [2.05, 4.69) is 10.2 Å². The van der Waals surface area contributed by atoms with Gasteiger partial charge in [0, 0.05) is 26.1 Å². The molecule has 3 aliphatic heterocycles. The summed E-state index contributed by atoms with van der Waals surface area (Å²) < 4.78 is 26.3. The lowest BCUT2D eigenvalue weighted by Gasteiger charge is -2.22. The number of amides is 1. The molecular formula is C14H23F2N3O. The number of nitrogens with zero attached hydrogens (tertiary/aromatic N) is 2. The van der Waals surface area contributed by atoms with Crippen LogP contribution in [0.15, 0.2) is 0 Å². The highest BCUT2D eigenvalue weighted by molar-refractivity contribution is 5.82. The second-order valence-corrected chi connectivity index (χ2v) is 6.44. The smallest absolute Gasteiger partial charge is 0.262 e. The molecular weight excluding hydrogens is 264 g/mol. The maximum Gasteiger partial charge on any atom is 0.262 e. The van der Waals surface area contributed by atoms with E-state index < -0.39 is 12.0 Å². The standard InChI is InChI=1S/C14H23F2N3O/c15-14(16)7-12(17-10-14)13(20)19-6-3-11(9-19)8-18-4-1-2-5-18/h11-12,17H,1-10H2. The zero-order valence-electron chi connectivity index (χ0n) is 11.8. The second kappa shape index (κ2) is 5.56. The fraction of sp³-hybridized carbons (Fsp3) is 0.929. The van der Waals surface area contributed by atoms with Gasteiger partial charge in [0.15, 0.2) is 0 Å². The Balaban J connectivity index is 1.48. The molecule has 3 aliphatic rings. The molecule has 0 aromatic carbocycles. The van der Waals surface area contributed by atoms with Crippen LogP contribution in [0.25, 0.3) is 0 Å². The van der Waals surface area contributed by atoms with Gasteiger partial charge in [-0.25, -0.2) is 8.78 Å². The van der Waals surface area contributed by atoms with E-state index in [1.165, 1.54) is 25.9 Å². The Labute approximate surface area is 118 Å². The summed E-state index contributed by atoms with van der Waals surface area (Å²) in [7, 11) is 0. The third-order valence-corrected chi connectivity index (χ3v) is 4.72. The molecule has 0 bridgehead atoms. The summed E-state index contributed by atoms with van der Waals surface area (Å²) >= 11 is 0. The van der Waals surface area contributed by atoms with Gasteiger partial charge in [0.1, 0.15) is 0 Å². The Morgan fingerprint density at radius 2 is 2.00 bits per heavy atom. The van der Waals surface area contributed by atoms with Crippen molar-refractivity contribution in [3.8, 4) is 0 Å². The van der Waals surface area contributed by atoms with Gasteiger partial charge >= 0.3 is 0 Å². The minimum Gasteiger partial charge on any atom is -0.341 e. The summed E-state index contributed by atoms with van der Waals surface area (Å²) in [5.41, 5.74) is 0. The molecule has 0 spiro atoms. The number of carbonyl (C=O) groups is 1. The zero-order chi connectivity index (χ0) is 14.2. The number of hydrogen-bond donors (Lipinski definition) is 1. The lowest BCUT2D eigenvalue weighted by Crippen LogP contribution is -2.42. The zero-order valence-corrected chi connectivity index (χ0v) is 11.8. The highest BCUT2D eigenvalue weighted by Gasteiger charge is 2.44. The van der Waals surface area contributed by atoms with E-state index in [4.69, 9.17) is 0 Å². The van der Waals surface area contributed by atoms with Crippen molar-refractivity contribution in [1.29, 1.82) is 0 Å². The lowest BCUT2D eigenvalue weighted by atomic mass is 10.1. The molecule has 3 fully saturated rings.